The highest BCUT2D eigenvalue weighted by Gasteiger charge is 2.23. The first-order valence-electron chi connectivity index (χ1n) is 9.28. The van der Waals surface area contributed by atoms with E-state index in [0.717, 1.165) is 37.6 Å². The van der Waals surface area contributed by atoms with Crippen molar-refractivity contribution in [2.75, 3.05) is 24.5 Å². The second-order valence-electron chi connectivity index (χ2n) is 6.77. The highest BCUT2D eigenvalue weighted by Crippen LogP contribution is 2.20. The summed E-state index contributed by atoms with van der Waals surface area (Å²) >= 11 is 0. The molecule has 5 nitrogen and oxygen atoms in total. The van der Waals surface area contributed by atoms with Crippen molar-refractivity contribution in [3.05, 3.63) is 59.7 Å². The number of guanidine groups is 1. The maximum absolute atomic E-state index is 9.38. The van der Waals surface area contributed by atoms with Gasteiger partial charge in [-0.25, -0.2) is 4.99 Å². The lowest BCUT2D eigenvalue weighted by Crippen LogP contribution is -2.44. The molecule has 1 saturated heterocycles. The first-order chi connectivity index (χ1) is 12.6. The molecule has 0 bridgehead atoms. The first-order valence-corrected chi connectivity index (χ1v) is 9.28. The maximum atomic E-state index is 9.38. The van der Waals surface area contributed by atoms with Gasteiger partial charge in [0.1, 0.15) is 5.75 Å². The fourth-order valence-corrected chi connectivity index (χ4v) is 3.15. The fraction of sp³-hybridized carbons (Fsp3) is 0.381. The highest BCUT2D eigenvalue weighted by atomic mass is 16.3. The van der Waals surface area contributed by atoms with Crippen LogP contribution < -0.4 is 15.5 Å². The molecule has 0 amide bonds. The molecule has 2 aromatic rings. The maximum Gasteiger partial charge on any atom is 0.191 e. The van der Waals surface area contributed by atoms with Crippen molar-refractivity contribution in [1.82, 2.24) is 10.6 Å². The molecule has 1 unspecified atom stereocenters. The second kappa shape index (κ2) is 8.61. The summed E-state index contributed by atoms with van der Waals surface area (Å²) in [7, 11) is 0. The monoisotopic (exact) mass is 352 g/mol. The summed E-state index contributed by atoms with van der Waals surface area (Å²) in [4.78, 5) is 7.10. The van der Waals surface area contributed by atoms with Crippen LogP contribution in [0.15, 0.2) is 53.5 Å². The number of aryl methyl sites for hydroxylation is 1. The number of benzene rings is 2. The summed E-state index contributed by atoms with van der Waals surface area (Å²) in [6.45, 7) is 7.64. The van der Waals surface area contributed by atoms with E-state index in [1.54, 1.807) is 12.1 Å². The molecule has 0 aromatic heterocycles. The van der Waals surface area contributed by atoms with Gasteiger partial charge in [0, 0.05) is 31.4 Å². The lowest BCUT2D eigenvalue weighted by Gasteiger charge is -2.20. The lowest BCUT2D eigenvalue weighted by atomic mass is 10.2. The summed E-state index contributed by atoms with van der Waals surface area (Å²) in [5, 5.41) is 16.3. The van der Waals surface area contributed by atoms with Gasteiger partial charge in [-0.05, 0) is 50.1 Å². The largest absolute Gasteiger partial charge is 0.508 e. The van der Waals surface area contributed by atoms with Crippen molar-refractivity contribution in [1.29, 1.82) is 0 Å². The van der Waals surface area contributed by atoms with Crippen LogP contribution in [0.1, 0.15) is 24.5 Å². The SMILES string of the molecule is CCNC(=NCc1ccc(O)cc1)NC1CCN(c2ccc(C)cc2)C1. The van der Waals surface area contributed by atoms with Crippen molar-refractivity contribution in [2.24, 2.45) is 4.99 Å². The van der Waals surface area contributed by atoms with Crippen molar-refractivity contribution in [2.45, 2.75) is 32.9 Å². The molecule has 2 aromatic carbocycles. The summed E-state index contributed by atoms with van der Waals surface area (Å²) < 4.78 is 0. The summed E-state index contributed by atoms with van der Waals surface area (Å²) in [6, 6.07) is 16.3. The number of aliphatic imine (C=N–C) groups is 1. The molecule has 3 N–H and O–H groups in total. The van der Waals surface area contributed by atoms with E-state index in [2.05, 4.69) is 58.6 Å². The van der Waals surface area contributed by atoms with Gasteiger partial charge in [0.15, 0.2) is 5.96 Å². The van der Waals surface area contributed by atoms with E-state index in [1.807, 2.05) is 12.1 Å². The van der Waals surface area contributed by atoms with Gasteiger partial charge in [-0.2, -0.15) is 0 Å². The van der Waals surface area contributed by atoms with Crippen LogP contribution in [0.4, 0.5) is 5.69 Å². The van der Waals surface area contributed by atoms with Crippen LogP contribution in [0.3, 0.4) is 0 Å². The normalized spacial score (nSPS) is 17.4. The Labute approximate surface area is 155 Å². The van der Waals surface area contributed by atoms with Crippen molar-refractivity contribution < 1.29 is 5.11 Å². The lowest BCUT2D eigenvalue weighted by molar-refractivity contribution is 0.475. The Balaban J connectivity index is 1.58. The van der Waals surface area contributed by atoms with Gasteiger partial charge in [0.25, 0.3) is 0 Å². The van der Waals surface area contributed by atoms with E-state index < -0.39 is 0 Å². The van der Waals surface area contributed by atoms with E-state index in [1.165, 1.54) is 11.3 Å². The molecule has 1 heterocycles. The summed E-state index contributed by atoms with van der Waals surface area (Å²) in [5.74, 6) is 1.13. The average molecular weight is 352 g/mol. The standard InChI is InChI=1S/C21H28N4O/c1-3-22-21(23-14-17-6-10-20(26)11-7-17)24-18-12-13-25(15-18)19-8-4-16(2)5-9-19/h4-11,18,26H,3,12-15H2,1-2H3,(H2,22,23,24). The van der Waals surface area contributed by atoms with Crippen molar-refractivity contribution >= 4 is 11.6 Å². The summed E-state index contributed by atoms with van der Waals surface area (Å²) in [5.41, 5.74) is 3.65. The molecular formula is C21H28N4O. The van der Waals surface area contributed by atoms with E-state index in [0.29, 0.717) is 12.6 Å². The molecule has 0 radical (unpaired) electrons. The quantitative estimate of drug-likeness (QED) is 0.572. The Morgan fingerprint density at radius 3 is 2.58 bits per heavy atom. The van der Waals surface area contributed by atoms with Crippen LogP contribution >= 0.6 is 0 Å². The molecule has 0 aliphatic carbocycles. The molecule has 0 spiro atoms. The fourth-order valence-electron chi connectivity index (χ4n) is 3.15. The van der Waals surface area contributed by atoms with Crippen LogP contribution in [-0.2, 0) is 6.54 Å². The Morgan fingerprint density at radius 2 is 1.88 bits per heavy atom. The van der Waals surface area contributed by atoms with Crippen LogP contribution in [-0.4, -0.2) is 36.7 Å². The Kier molecular flexibility index (Phi) is 6.00. The Morgan fingerprint density at radius 1 is 1.15 bits per heavy atom. The van der Waals surface area contributed by atoms with E-state index in [9.17, 15) is 5.11 Å². The van der Waals surface area contributed by atoms with Crippen molar-refractivity contribution in [3.63, 3.8) is 0 Å². The van der Waals surface area contributed by atoms with Crippen LogP contribution in [0, 0.1) is 6.92 Å². The molecular weight excluding hydrogens is 324 g/mol. The number of nitrogens with one attached hydrogen (secondary N) is 2. The molecule has 138 valence electrons. The minimum Gasteiger partial charge on any atom is -0.508 e. The minimum absolute atomic E-state index is 0.282. The zero-order chi connectivity index (χ0) is 18.4. The van der Waals surface area contributed by atoms with Gasteiger partial charge in [0.2, 0.25) is 0 Å². The number of phenolic OH excluding ortho intramolecular Hbond substituents is 1. The zero-order valence-corrected chi connectivity index (χ0v) is 15.6. The minimum atomic E-state index is 0.282. The highest BCUT2D eigenvalue weighted by molar-refractivity contribution is 5.80. The summed E-state index contributed by atoms with van der Waals surface area (Å²) in [6.07, 6.45) is 1.09. The third kappa shape index (κ3) is 4.91. The number of anilines is 1. The third-order valence-corrected chi connectivity index (χ3v) is 4.63. The van der Waals surface area contributed by atoms with Gasteiger partial charge in [-0.1, -0.05) is 29.8 Å². The van der Waals surface area contributed by atoms with Crippen molar-refractivity contribution in [3.8, 4) is 5.75 Å². The molecule has 26 heavy (non-hydrogen) atoms. The number of hydrogen-bond acceptors (Lipinski definition) is 3. The zero-order valence-electron chi connectivity index (χ0n) is 15.6. The van der Waals surface area contributed by atoms with E-state index in [4.69, 9.17) is 0 Å². The number of aromatic hydroxyl groups is 1. The second-order valence-corrected chi connectivity index (χ2v) is 6.77. The van der Waals surface area contributed by atoms with E-state index >= 15 is 0 Å². The van der Waals surface area contributed by atoms with Crippen LogP contribution in [0.2, 0.25) is 0 Å². The van der Waals surface area contributed by atoms with Gasteiger partial charge >= 0.3 is 0 Å². The smallest absolute Gasteiger partial charge is 0.191 e. The third-order valence-electron chi connectivity index (χ3n) is 4.63. The van der Waals surface area contributed by atoms with Gasteiger partial charge in [-0.15, -0.1) is 0 Å². The van der Waals surface area contributed by atoms with E-state index in [-0.39, 0.29) is 5.75 Å². The predicted octanol–water partition coefficient (Wildman–Crippen LogP) is 3.03. The molecule has 1 fully saturated rings. The predicted molar refractivity (Wildman–Crippen MR) is 108 cm³/mol. The van der Waals surface area contributed by atoms with Gasteiger partial charge in [0.05, 0.1) is 6.54 Å². The van der Waals surface area contributed by atoms with Gasteiger partial charge < -0.3 is 20.6 Å². The number of nitrogens with zero attached hydrogens (tertiary/aromatic N) is 2. The number of hydrogen-bond donors (Lipinski definition) is 3. The molecule has 5 heteroatoms. The molecule has 0 saturated carbocycles. The number of rotatable bonds is 5. The molecule has 1 aliphatic rings. The van der Waals surface area contributed by atoms with Crippen LogP contribution in [0.25, 0.3) is 0 Å². The molecule has 3 rings (SSSR count). The Hall–Kier alpha value is -2.69. The van der Waals surface area contributed by atoms with Gasteiger partial charge in [-0.3, -0.25) is 0 Å². The first kappa shape index (κ1) is 18.1. The molecule has 1 atom stereocenters. The molecule has 1 aliphatic heterocycles. The topological polar surface area (TPSA) is 59.9 Å². The average Bonchev–Trinajstić information content (AvgIpc) is 3.10. The Bertz CT molecular complexity index is 725. The number of phenols is 1. The van der Waals surface area contributed by atoms with Crippen LogP contribution in [0.5, 0.6) is 5.75 Å².